The standard InChI is InChI=1S/C28H28N2O5/c1-3-25(26(31)29-19-14-12-18(13-15-19)17(2)27(32)33)30-28(34)35-16-24-22-10-6-4-8-20(22)21-9-5-7-11-23(21)24/h4-15,17,24-25H,3,16H2,1-2H3,(H,29,31)(H,30,34)(H,32,33)/t17?,25-/m0/s1. The summed E-state index contributed by atoms with van der Waals surface area (Å²) in [5.41, 5.74) is 5.68. The number of carbonyl (C=O) groups excluding carboxylic acids is 2. The first-order chi connectivity index (χ1) is 16.9. The molecular weight excluding hydrogens is 444 g/mol. The van der Waals surface area contributed by atoms with E-state index in [0.29, 0.717) is 17.7 Å². The van der Waals surface area contributed by atoms with Crippen LogP contribution in [0.4, 0.5) is 10.5 Å². The summed E-state index contributed by atoms with van der Waals surface area (Å²) in [6.07, 6.45) is -0.274. The van der Waals surface area contributed by atoms with Gasteiger partial charge in [-0.05, 0) is 53.3 Å². The molecule has 0 aliphatic heterocycles. The Morgan fingerprint density at radius 3 is 2.03 bits per heavy atom. The number of alkyl carbamates (subject to hydrolysis) is 1. The van der Waals surface area contributed by atoms with Crippen molar-refractivity contribution in [1.82, 2.24) is 5.32 Å². The molecule has 180 valence electrons. The van der Waals surface area contributed by atoms with E-state index < -0.39 is 24.0 Å². The SMILES string of the molecule is CC[C@H](NC(=O)OCC1c2ccccc2-c2ccccc21)C(=O)Nc1ccc(C(C)C(=O)O)cc1. The molecular formula is C28H28N2O5. The van der Waals surface area contributed by atoms with Crippen molar-refractivity contribution in [1.29, 1.82) is 0 Å². The van der Waals surface area contributed by atoms with E-state index in [9.17, 15) is 14.4 Å². The fraction of sp³-hybridized carbons (Fsp3) is 0.250. The van der Waals surface area contributed by atoms with Gasteiger partial charge in [0.25, 0.3) is 0 Å². The number of carboxylic acids is 1. The lowest BCUT2D eigenvalue weighted by molar-refractivity contribution is -0.138. The zero-order valence-corrected chi connectivity index (χ0v) is 19.7. The number of hydrogen-bond donors (Lipinski definition) is 3. The Balaban J connectivity index is 1.35. The second-order valence-corrected chi connectivity index (χ2v) is 8.60. The number of anilines is 1. The Kier molecular flexibility index (Phi) is 7.15. The second kappa shape index (κ2) is 10.4. The number of fused-ring (bicyclic) bond motifs is 3. The van der Waals surface area contributed by atoms with Crippen molar-refractivity contribution in [2.75, 3.05) is 11.9 Å². The third-order valence-corrected chi connectivity index (χ3v) is 6.41. The first kappa shape index (κ1) is 24.0. The lowest BCUT2D eigenvalue weighted by Crippen LogP contribution is -2.43. The largest absolute Gasteiger partial charge is 0.481 e. The van der Waals surface area contributed by atoms with E-state index in [1.165, 1.54) is 0 Å². The Morgan fingerprint density at radius 1 is 0.914 bits per heavy atom. The number of hydrogen-bond acceptors (Lipinski definition) is 4. The summed E-state index contributed by atoms with van der Waals surface area (Å²) in [7, 11) is 0. The Morgan fingerprint density at radius 2 is 1.49 bits per heavy atom. The first-order valence-electron chi connectivity index (χ1n) is 11.6. The summed E-state index contributed by atoms with van der Waals surface area (Å²) in [6.45, 7) is 3.56. The molecule has 0 spiro atoms. The normalized spacial score (nSPS) is 13.8. The third kappa shape index (κ3) is 5.19. The molecule has 1 aliphatic rings. The maximum atomic E-state index is 12.7. The molecule has 0 heterocycles. The number of carboxylic acid groups (broad SMARTS) is 1. The summed E-state index contributed by atoms with van der Waals surface area (Å²) in [6, 6.07) is 22.0. The van der Waals surface area contributed by atoms with Crippen LogP contribution in [0.2, 0.25) is 0 Å². The lowest BCUT2D eigenvalue weighted by atomic mass is 9.98. The first-order valence-corrected chi connectivity index (χ1v) is 11.6. The molecule has 2 atom stereocenters. The molecule has 7 heteroatoms. The van der Waals surface area contributed by atoms with Crippen LogP contribution in [0.5, 0.6) is 0 Å². The Bertz CT molecular complexity index is 1190. The maximum absolute atomic E-state index is 12.7. The number of aliphatic carboxylic acids is 1. The van der Waals surface area contributed by atoms with Crippen molar-refractivity contribution >= 4 is 23.7 Å². The van der Waals surface area contributed by atoms with Crippen LogP contribution < -0.4 is 10.6 Å². The van der Waals surface area contributed by atoms with E-state index in [0.717, 1.165) is 22.3 Å². The molecule has 2 amide bonds. The van der Waals surface area contributed by atoms with Crippen LogP contribution in [0.25, 0.3) is 11.1 Å². The van der Waals surface area contributed by atoms with E-state index in [2.05, 4.69) is 22.8 Å². The van der Waals surface area contributed by atoms with Crippen molar-refractivity contribution in [2.45, 2.75) is 38.1 Å². The van der Waals surface area contributed by atoms with E-state index >= 15 is 0 Å². The highest BCUT2D eigenvalue weighted by Gasteiger charge is 2.29. The van der Waals surface area contributed by atoms with Crippen LogP contribution in [0.1, 0.15) is 48.8 Å². The van der Waals surface area contributed by atoms with Gasteiger partial charge < -0.3 is 20.5 Å². The van der Waals surface area contributed by atoms with Gasteiger partial charge >= 0.3 is 12.1 Å². The quantitative estimate of drug-likeness (QED) is 0.422. The minimum Gasteiger partial charge on any atom is -0.481 e. The highest BCUT2D eigenvalue weighted by Crippen LogP contribution is 2.44. The molecule has 3 aromatic rings. The lowest BCUT2D eigenvalue weighted by Gasteiger charge is -2.19. The van der Waals surface area contributed by atoms with Gasteiger partial charge in [-0.1, -0.05) is 67.6 Å². The fourth-order valence-electron chi connectivity index (χ4n) is 4.36. The van der Waals surface area contributed by atoms with Gasteiger partial charge in [-0.2, -0.15) is 0 Å². The monoisotopic (exact) mass is 472 g/mol. The van der Waals surface area contributed by atoms with Crippen LogP contribution in [0.15, 0.2) is 72.8 Å². The number of benzene rings is 3. The van der Waals surface area contributed by atoms with Crippen molar-refractivity contribution < 1.29 is 24.2 Å². The third-order valence-electron chi connectivity index (χ3n) is 6.41. The maximum Gasteiger partial charge on any atom is 0.407 e. The molecule has 0 saturated carbocycles. The van der Waals surface area contributed by atoms with Gasteiger partial charge in [-0.3, -0.25) is 9.59 Å². The van der Waals surface area contributed by atoms with E-state index in [1.807, 2.05) is 36.4 Å². The van der Waals surface area contributed by atoms with Crippen molar-refractivity contribution in [3.8, 4) is 11.1 Å². The summed E-state index contributed by atoms with van der Waals surface area (Å²) in [5.74, 6) is -1.99. The molecule has 3 N–H and O–H groups in total. The molecule has 0 bridgehead atoms. The molecule has 0 fully saturated rings. The van der Waals surface area contributed by atoms with Gasteiger partial charge in [0, 0.05) is 11.6 Å². The van der Waals surface area contributed by atoms with Crippen molar-refractivity contribution in [2.24, 2.45) is 0 Å². The Labute approximate surface area is 204 Å². The van der Waals surface area contributed by atoms with Gasteiger partial charge in [-0.15, -0.1) is 0 Å². The predicted molar refractivity (Wildman–Crippen MR) is 133 cm³/mol. The fourth-order valence-corrected chi connectivity index (χ4v) is 4.36. The molecule has 0 saturated heterocycles. The molecule has 35 heavy (non-hydrogen) atoms. The molecule has 0 aromatic heterocycles. The zero-order valence-electron chi connectivity index (χ0n) is 19.7. The summed E-state index contributed by atoms with van der Waals surface area (Å²) in [5, 5.41) is 14.5. The van der Waals surface area contributed by atoms with Crippen LogP contribution in [0.3, 0.4) is 0 Å². The molecule has 3 aromatic carbocycles. The summed E-state index contributed by atoms with van der Waals surface area (Å²) >= 11 is 0. The molecule has 4 rings (SSSR count). The Hall–Kier alpha value is -4.13. The average molecular weight is 473 g/mol. The van der Waals surface area contributed by atoms with Crippen LogP contribution in [0, 0.1) is 0 Å². The highest BCUT2D eigenvalue weighted by molar-refractivity contribution is 5.96. The number of rotatable bonds is 8. The summed E-state index contributed by atoms with van der Waals surface area (Å²) < 4.78 is 5.55. The highest BCUT2D eigenvalue weighted by atomic mass is 16.5. The van der Waals surface area contributed by atoms with Gasteiger partial charge in [0.2, 0.25) is 5.91 Å². The van der Waals surface area contributed by atoms with Gasteiger partial charge in [0.15, 0.2) is 0 Å². The van der Waals surface area contributed by atoms with Crippen LogP contribution in [-0.2, 0) is 14.3 Å². The van der Waals surface area contributed by atoms with E-state index in [-0.39, 0.29) is 18.4 Å². The molecule has 0 radical (unpaired) electrons. The summed E-state index contributed by atoms with van der Waals surface area (Å²) in [4.78, 5) is 36.4. The molecule has 1 unspecified atom stereocenters. The number of carbonyl (C=O) groups is 3. The molecule has 1 aliphatic carbocycles. The zero-order chi connectivity index (χ0) is 24.9. The van der Waals surface area contributed by atoms with Crippen molar-refractivity contribution in [3.05, 3.63) is 89.5 Å². The number of nitrogens with one attached hydrogen (secondary N) is 2. The van der Waals surface area contributed by atoms with Crippen LogP contribution in [-0.4, -0.2) is 35.7 Å². The number of ether oxygens (including phenoxy) is 1. The van der Waals surface area contributed by atoms with Gasteiger partial charge in [0.1, 0.15) is 12.6 Å². The minimum absolute atomic E-state index is 0.0613. The van der Waals surface area contributed by atoms with Gasteiger partial charge in [0.05, 0.1) is 5.92 Å². The average Bonchev–Trinajstić information content (AvgIpc) is 3.19. The van der Waals surface area contributed by atoms with E-state index in [4.69, 9.17) is 9.84 Å². The van der Waals surface area contributed by atoms with Crippen molar-refractivity contribution in [3.63, 3.8) is 0 Å². The van der Waals surface area contributed by atoms with Gasteiger partial charge in [-0.25, -0.2) is 4.79 Å². The van der Waals surface area contributed by atoms with E-state index in [1.54, 1.807) is 38.1 Å². The second-order valence-electron chi connectivity index (χ2n) is 8.60. The predicted octanol–water partition coefficient (Wildman–Crippen LogP) is 5.13. The van der Waals surface area contributed by atoms with Crippen LogP contribution >= 0.6 is 0 Å². The topological polar surface area (TPSA) is 105 Å². The number of amides is 2. The minimum atomic E-state index is -0.917. The molecule has 7 nitrogen and oxygen atoms in total. The smallest absolute Gasteiger partial charge is 0.407 e.